The van der Waals surface area contributed by atoms with Gasteiger partial charge >= 0.3 is 0 Å². The number of anilines is 4. The predicted octanol–water partition coefficient (Wildman–Crippen LogP) is 3.60. The summed E-state index contributed by atoms with van der Waals surface area (Å²) in [5.41, 5.74) is 4.17. The maximum absolute atomic E-state index is 4.59. The molecule has 0 aliphatic heterocycles. The van der Waals surface area contributed by atoms with Gasteiger partial charge in [-0.05, 0) is 36.8 Å². The van der Waals surface area contributed by atoms with Crippen LogP contribution in [0.5, 0.6) is 0 Å². The molecule has 0 amide bonds. The molecule has 6 nitrogen and oxygen atoms in total. The molecule has 0 radical (unpaired) electrons. The zero-order valence-corrected chi connectivity index (χ0v) is 14.7. The molecular weight excluding hydrogens is 312 g/mol. The van der Waals surface area contributed by atoms with Crippen LogP contribution in [-0.2, 0) is 6.54 Å². The van der Waals surface area contributed by atoms with E-state index in [4.69, 9.17) is 0 Å². The Morgan fingerprint density at radius 3 is 2.72 bits per heavy atom. The fourth-order valence-corrected chi connectivity index (χ4v) is 2.36. The number of benzene rings is 1. The van der Waals surface area contributed by atoms with Crippen LogP contribution in [0.3, 0.4) is 0 Å². The molecule has 0 fully saturated rings. The molecule has 0 saturated heterocycles. The van der Waals surface area contributed by atoms with Crippen LogP contribution in [0.2, 0.25) is 0 Å². The van der Waals surface area contributed by atoms with E-state index in [0.29, 0.717) is 12.5 Å². The Bertz CT molecular complexity index is 832. The van der Waals surface area contributed by atoms with E-state index in [1.54, 1.807) is 6.20 Å². The summed E-state index contributed by atoms with van der Waals surface area (Å²) in [5, 5.41) is 6.61. The Labute approximate surface area is 148 Å². The number of nitrogens with zero attached hydrogens (tertiary/aromatic N) is 4. The van der Waals surface area contributed by atoms with Gasteiger partial charge in [-0.15, -0.1) is 0 Å². The first-order chi connectivity index (χ1) is 12.1. The average molecular weight is 334 g/mol. The summed E-state index contributed by atoms with van der Waals surface area (Å²) in [6.45, 7) is 2.66. The van der Waals surface area contributed by atoms with Gasteiger partial charge in [-0.25, -0.2) is 4.98 Å². The van der Waals surface area contributed by atoms with Crippen LogP contribution in [-0.4, -0.2) is 29.0 Å². The van der Waals surface area contributed by atoms with Crippen molar-refractivity contribution in [3.05, 3.63) is 66.1 Å². The number of pyridine rings is 1. The topological polar surface area (TPSA) is 66.0 Å². The molecule has 128 valence electrons. The van der Waals surface area contributed by atoms with Gasteiger partial charge in [0.2, 0.25) is 5.95 Å². The van der Waals surface area contributed by atoms with Gasteiger partial charge in [0.25, 0.3) is 0 Å². The summed E-state index contributed by atoms with van der Waals surface area (Å²) >= 11 is 0. The van der Waals surface area contributed by atoms with E-state index in [9.17, 15) is 0 Å². The van der Waals surface area contributed by atoms with Crippen LogP contribution >= 0.6 is 0 Å². The lowest BCUT2D eigenvalue weighted by molar-refractivity contribution is 1.05. The van der Waals surface area contributed by atoms with Gasteiger partial charge in [-0.1, -0.05) is 12.1 Å². The van der Waals surface area contributed by atoms with Crippen LogP contribution in [0, 0.1) is 6.92 Å². The number of nitrogens with one attached hydrogen (secondary N) is 2. The van der Waals surface area contributed by atoms with Gasteiger partial charge in [-0.3, -0.25) is 4.98 Å². The number of hydrogen-bond acceptors (Lipinski definition) is 6. The van der Waals surface area contributed by atoms with Gasteiger partial charge in [0.15, 0.2) is 0 Å². The molecule has 0 unspecified atom stereocenters. The lowest BCUT2D eigenvalue weighted by Gasteiger charge is -2.14. The van der Waals surface area contributed by atoms with Crippen molar-refractivity contribution in [2.75, 3.05) is 29.6 Å². The first kappa shape index (κ1) is 16.7. The summed E-state index contributed by atoms with van der Waals surface area (Å²) < 4.78 is 0. The van der Waals surface area contributed by atoms with Crippen LogP contribution in [0.1, 0.15) is 11.1 Å². The minimum Gasteiger partial charge on any atom is -0.378 e. The highest BCUT2D eigenvalue weighted by molar-refractivity contribution is 5.62. The molecule has 2 N–H and O–H groups in total. The second-order valence-corrected chi connectivity index (χ2v) is 6.01. The molecule has 0 spiro atoms. The van der Waals surface area contributed by atoms with Gasteiger partial charge in [0.05, 0.1) is 0 Å². The second-order valence-electron chi connectivity index (χ2n) is 6.01. The molecule has 2 aromatic heterocycles. The zero-order chi connectivity index (χ0) is 17.6. The number of rotatable bonds is 6. The van der Waals surface area contributed by atoms with Crippen molar-refractivity contribution in [1.82, 2.24) is 15.0 Å². The second kappa shape index (κ2) is 7.61. The maximum Gasteiger partial charge on any atom is 0.229 e. The molecule has 0 saturated carbocycles. The summed E-state index contributed by atoms with van der Waals surface area (Å²) in [4.78, 5) is 15.1. The first-order valence-corrected chi connectivity index (χ1v) is 8.12. The largest absolute Gasteiger partial charge is 0.378 e. The summed E-state index contributed by atoms with van der Waals surface area (Å²) in [5.74, 6) is 1.38. The first-order valence-electron chi connectivity index (χ1n) is 8.12. The predicted molar refractivity (Wildman–Crippen MR) is 102 cm³/mol. The van der Waals surface area contributed by atoms with Gasteiger partial charge in [0.1, 0.15) is 5.82 Å². The van der Waals surface area contributed by atoms with Crippen molar-refractivity contribution < 1.29 is 0 Å². The Morgan fingerprint density at radius 2 is 1.96 bits per heavy atom. The smallest absolute Gasteiger partial charge is 0.229 e. The molecule has 0 aliphatic carbocycles. The zero-order valence-electron chi connectivity index (χ0n) is 14.7. The standard InChI is InChI=1S/C19H22N6/c1-14-11-22-19(23-16-7-4-8-17(10-16)25(2)3)24-18(14)21-13-15-6-5-9-20-12-15/h4-12H,13H2,1-3H3,(H2,21,22,23,24). The van der Waals surface area contributed by atoms with E-state index in [-0.39, 0.29) is 0 Å². The molecule has 1 aromatic carbocycles. The van der Waals surface area contributed by atoms with Crippen molar-refractivity contribution in [2.45, 2.75) is 13.5 Å². The molecule has 25 heavy (non-hydrogen) atoms. The number of aryl methyl sites for hydroxylation is 1. The van der Waals surface area contributed by atoms with Crippen molar-refractivity contribution >= 4 is 23.1 Å². The molecule has 3 rings (SSSR count). The lowest BCUT2D eigenvalue weighted by atomic mass is 10.2. The van der Waals surface area contributed by atoms with E-state index in [1.165, 1.54) is 0 Å². The molecule has 0 bridgehead atoms. The Morgan fingerprint density at radius 1 is 1.08 bits per heavy atom. The highest BCUT2D eigenvalue weighted by atomic mass is 15.1. The Hall–Kier alpha value is -3.15. The van der Waals surface area contributed by atoms with E-state index in [1.807, 2.05) is 57.7 Å². The van der Waals surface area contributed by atoms with Crippen molar-refractivity contribution in [3.8, 4) is 0 Å². The normalized spacial score (nSPS) is 10.4. The van der Waals surface area contributed by atoms with E-state index in [0.717, 1.165) is 28.3 Å². The summed E-state index contributed by atoms with van der Waals surface area (Å²) in [6, 6.07) is 12.1. The highest BCUT2D eigenvalue weighted by Gasteiger charge is 2.05. The molecule has 2 heterocycles. The molecule has 0 aliphatic rings. The fourth-order valence-electron chi connectivity index (χ4n) is 2.36. The van der Waals surface area contributed by atoms with Crippen molar-refractivity contribution in [3.63, 3.8) is 0 Å². The SMILES string of the molecule is Cc1cnc(Nc2cccc(N(C)C)c2)nc1NCc1cccnc1. The quantitative estimate of drug-likeness (QED) is 0.718. The molecule has 0 atom stereocenters. The van der Waals surface area contributed by atoms with Gasteiger partial charge < -0.3 is 15.5 Å². The molecule has 6 heteroatoms. The Kier molecular flexibility index (Phi) is 5.09. The van der Waals surface area contributed by atoms with Crippen LogP contribution in [0.4, 0.5) is 23.1 Å². The Balaban J connectivity index is 1.74. The van der Waals surface area contributed by atoms with E-state index < -0.39 is 0 Å². The third-order valence-corrected chi connectivity index (χ3v) is 3.77. The monoisotopic (exact) mass is 334 g/mol. The number of hydrogen-bond donors (Lipinski definition) is 2. The van der Waals surface area contributed by atoms with Gasteiger partial charge in [-0.2, -0.15) is 4.98 Å². The average Bonchev–Trinajstić information content (AvgIpc) is 2.63. The van der Waals surface area contributed by atoms with E-state index >= 15 is 0 Å². The van der Waals surface area contributed by atoms with Crippen molar-refractivity contribution in [2.24, 2.45) is 0 Å². The van der Waals surface area contributed by atoms with Crippen molar-refractivity contribution in [1.29, 1.82) is 0 Å². The number of aromatic nitrogens is 3. The lowest BCUT2D eigenvalue weighted by Crippen LogP contribution is -2.09. The van der Waals surface area contributed by atoms with E-state index in [2.05, 4.69) is 42.6 Å². The van der Waals surface area contributed by atoms with Crippen LogP contribution in [0.15, 0.2) is 55.0 Å². The minimum atomic E-state index is 0.565. The molecular formula is C19H22N6. The summed E-state index contributed by atoms with van der Waals surface area (Å²) in [7, 11) is 4.03. The highest BCUT2D eigenvalue weighted by Crippen LogP contribution is 2.21. The maximum atomic E-state index is 4.59. The third kappa shape index (κ3) is 4.44. The van der Waals surface area contributed by atoms with Crippen LogP contribution < -0.4 is 15.5 Å². The third-order valence-electron chi connectivity index (χ3n) is 3.77. The fraction of sp³-hybridized carbons (Fsp3) is 0.211. The van der Waals surface area contributed by atoms with Crippen LogP contribution in [0.25, 0.3) is 0 Å². The van der Waals surface area contributed by atoms with Gasteiger partial charge in [0, 0.05) is 56.2 Å². The minimum absolute atomic E-state index is 0.565. The molecule has 3 aromatic rings. The summed E-state index contributed by atoms with van der Waals surface area (Å²) in [6.07, 6.45) is 5.43.